The first kappa shape index (κ1) is 24.1. The number of hydrogen-bond acceptors (Lipinski definition) is 5. The Bertz CT molecular complexity index is 1100. The summed E-state index contributed by atoms with van der Waals surface area (Å²) in [6.45, 7) is 12.2. The number of benzene rings is 2. The molecule has 2 fully saturated rings. The first-order valence-corrected chi connectivity index (χ1v) is 13.4. The van der Waals surface area contributed by atoms with E-state index < -0.39 is 0 Å². The fourth-order valence-corrected chi connectivity index (χ4v) is 5.73. The predicted molar refractivity (Wildman–Crippen MR) is 144 cm³/mol. The van der Waals surface area contributed by atoms with Gasteiger partial charge >= 0.3 is 0 Å². The van der Waals surface area contributed by atoms with Crippen molar-refractivity contribution < 1.29 is 4.74 Å². The van der Waals surface area contributed by atoms with Gasteiger partial charge in [0.2, 0.25) is 5.95 Å². The molecule has 5 rings (SSSR count). The lowest BCUT2D eigenvalue weighted by atomic mass is 9.72. The molecule has 2 heterocycles. The molecule has 1 aliphatic carbocycles. The van der Waals surface area contributed by atoms with Gasteiger partial charge in [0, 0.05) is 45.1 Å². The van der Waals surface area contributed by atoms with Crippen molar-refractivity contribution in [2.24, 2.45) is 11.3 Å². The van der Waals surface area contributed by atoms with Crippen LogP contribution >= 0.6 is 0 Å². The van der Waals surface area contributed by atoms with Crippen molar-refractivity contribution in [3.63, 3.8) is 0 Å². The first-order valence-electron chi connectivity index (χ1n) is 13.4. The monoisotopic (exact) mass is 472 g/mol. The molecule has 5 nitrogen and oxygen atoms in total. The van der Waals surface area contributed by atoms with Crippen molar-refractivity contribution in [2.75, 3.05) is 31.1 Å². The summed E-state index contributed by atoms with van der Waals surface area (Å²) < 4.78 is 6.41. The minimum Gasteiger partial charge on any atom is -0.490 e. The summed E-state index contributed by atoms with van der Waals surface area (Å²) in [5.41, 5.74) is 1.78. The number of hydrogen-bond donors (Lipinski definition) is 0. The number of ether oxygens (including phenoxy) is 1. The van der Waals surface area contributed by atoms with Crippen LogP contribution in [0.5, 0.6) is 5.75 Å². The highest BCUT2D eigenvalue weighted by Gasteiger charge is 2.30. The maximum absolute atomic E-state index is 6.41. The second kappa shape index (κ2) is 10.5. The molecule has 2 aromatic carbocycles. The van der Waals surface area contributed by atoms with E-state index in [0.29, 0.717) is 11.5 Å². The second-order valence-electron chi connectivity index (χ2n) is 11.5. The topological polar surface area (TPSA) is 41.5 Å². The highest BCUT2D eigenvalue weighted by molar-refractivity contribution is 5.84. The van der Waals surface area contributed by atoms with Gasteiger partial charge in [0.1, 0.15) is 5.75 Å². The largest absolute Gasteiger partial charge is 0.490 e. The van der Waals surface area contributed by atoms with E-state index in [1.165, 1.54) is 42.0 Å². The Kier molecular flexibility index (Phi) is 7.24. The van der Waals surface area contributed by atoms with Crippen LogP contribution < -0.4 is 9.64 Å². The minimum atomic E-state index is 0.356. The second-order valence-corrected chi connectivity index (χ2v) is 11.5. The van der Waals surface area contributed by atoms with E-state index >= 15 is 0 Å². The van der Waals surface area contributed by atoms with Crippen molar-refractivity contribution >= 4 is 16.7 Å². The van der Waals surface area contributed by atoms with Gasteiger partial charge in [-0.25, -0.2) is 9.97 Å². The zero-order valence-electron chi connectivity index (χ0n) is 21.6. The molecular formula is C30H40N4O. The van der Waals surface area contributed by atoms with Gasteiger partial charge in [-0.1, -0.05) is 39.0 Å². The van der Waals surface area contributed by atoms with Gasteiger partial charge in [-0.2, -0.15) is 0 Å². The Morgan fingerprint density at radius 3 is 2.37 bits per heavy atom. The van der Waals surface area contributed by atoms with Crippen molar-refractivity contribution in [2.45, 2.75) is 65.5 Å². The van der Waals surface area contributed by atoms with Gasteiger partial charge in [0.25, 0.3) is 0 Å². The molecule has 0 unspecified atom stereocenters. The Balaban J connectivity index is 1.17. The molecule has 0 atom stereocenters. The molecule has 1 aromatic heterocycles. The first-order chi connectivity index (χ1) is 16.9. The van der Waals surface area contributed by atoms with E-state index in [4.69, 9.17) is 4.74 Å². The lowest BCUT2D eigenvalue weighted by Crippen LogP contribution is -2.31. The summed E-state index contributed by atoms with van der Waals surface area (Å²) in [6.07, 6.45) is 10.0. The maximum atomic E-state index is 6.41. The number of nitrogens with zero attached hydrogens (tertiary/aromatic N) is 4. The molecule has 2 aliphatic rings. The van der Waals surface area contributed by atoms with E-state index in [0.717, 1.165) is 56.8 Å². The predicted octanol–water partition coefficient (Wildman–Crippen LogP) is 6.33. The third-order valence-electron chi connectivity index (χ3n) is 7.91. The summed E-state index contributed by atoms with van der Waals surface area (Å²) in [4.78, 5) is 13.7. The van der Waals surface area contributed by atoms with E-state index in [1.54, 1.807) is 0 Å². The van der Waals surface area contributed by atoms with Crippen molar-refractivity contribution in [1.82, 2.24) is 14.9 Å². The summed E-state index contributed by atoms with van der Waals surface area (Å²) in [7, 11) is 0. The van der Waals surface area contributed by atoms with Crippen LogP contribution in [0, 0.1) is 11.3 Å². The van der Waals surface area contributed by atoms with Gasteiger partial charge < -0.3 is 9.64 Å². The summed E-state index contributed by atoms with van der Waals surface area (Å²) >= 11 is 0. The van der Waals surface area contributed by atoms with Crippen molar-refractivity contribution in [3.8, 4) is 5.75 Å². The molecule has 0 spiro atoms. The molecule has 186 valence electrons. The lowest BCUT2D eigenvalue weighted by Gasteiger charge is -2.37. The molecule has 0 radical (unpaired) electrons. The number of anilines is 1. The van der Waals surface area contributed by atoms with Crippen LogP contribution in [0.4, 0.5) is 5.95 Å². The molecule has 1 saturated heterocycles. The van der Waals surface area contributed by atoms with Gasteiger partial charge in [0.05, 0.1) is 6.10 Å². The Morgan fingerprint density at radius 1 is 0.857 bits per heavy atom. The molecule has 1 aliphatic heterocycles. The summed E-state index contributed by atoms with van der Waals surface area (Å²) in [6, 6.07) is 15.4. The van der Waals surface area contributed by atoms with Crippen LogP contribution in [0.3, 0.4) is 0 Å². The molecule has 1 saturated carbocycles. The van der Waals surface area contributed by atoms with Crippen molar-refractivity contribution in [1.29, 1.82) is 0 Å². The molecule has 0 N–H and O–H groups in total. The SMILES string of the molecule is CC(C)(C)[C@H]1CC[C@H](Oc2ccc3cc(CN4CCCN(c5ncccn5)CC4)ccc3c2)CC1. The highest BCUT2D eigenvalue weighted by atomic mass is 16.5. The summed E-state index contributed by atoms with van der Waals surface area (Å²) in [5.74, 6) is 2.68. The average Bonchev–Trinajstić information content (AvgIpc) is 3.10. The number of aromatic nitrogens is 2. The Morgan fingerprint density at radius 2 is 1.60 bits per heavy atom. The van der Waals surface area contributed by atoms with Gasteiger partial charge in [0.15, 0.2) is 0 Å². The number of rotatable bonds is 5. The quantitative estimate of drug-likeness (QED) is 0.434. The molecule has 35 heavy (non-hydrogen) atoms. The van der Waals surface area contributed by atoms with E-state index in [2.05, 4.69) is 76.9 Å². The van der Waals surface area contributed by atoms with Gasteiger partial charge in [-0.3, -0.25) is 4.90 Å². The van der Waals surface area contributed by atoms with Crippen LogP contribution in [0.2, 0.25) is 0 Å². The normalized spacial score (nSPS) is 22.2. The van der Waals surface area contributed by atoms with Crippen LogP contribution in [0.25, 0.3) is 10.8 Å². The smallest absolute Gasteiger partial charge is 0.225 e. The van der Waals surface area contributed by atoms with E-state index in [-0.39, 0.29) is 0 Å². The van der Waals surface area contributed by atoms with E-state index in [9.17, 15) is 0 Å². The summed E-state index contributed by atoms with van der Waals surface area (Å²) in [5, 5.41) is 2.55. The maximum Gasteiger partial charge on any atom is 0.225 e. The molecular weight excluding hydrogens is 432 g/mol. The minimum absolute atomic E-state index is 0.356. The fraction of sp³-hybridized carbons (Fsp3) is 0.533. The number of fused-ring (bicyclic) bond motifs is 1. The third kappa shape index (κ3) is 6.13. The van der Waals surface area contributed by atoms with Gasteiger partial charge in [-0.05, 0) is 84.0 Å². The molecule has 3 aromatic rings. The van der Waals surface area contributed by atoms with Crippen molar-refractivity contribution in [3.05, 3.63) is 60.4 Å². The standard InChI is InChI=1S/C30H40N4O/c1-30(2,3)26-9-12-27(13-10-26)35-28-11-8-24-20-23(6-7-25(24)21-28)22-33-16-5-17-34(19-18-33)29-31-14-4-15-32-29/h4,6-8,11,14-15,20-21,26-27H,5,9-10,12-13,16-19,22H2,1-3H3/t26-,27-. The molecule has 0 amide bonds. The lowest BCUT2D eigenvalue weighted by molar-refractivity contribution is 0.0883. The van der Waals surface area contributed by atoms with Crippen LogP contribution in [-0.4, -0.2) is 47.2 Å². The third-order valence-corrected chi connectivity index (χ3v) is 7.91. The zero-order valence-corrected chi connectivity index (χ0v) is 21.6. The molecule has 0 bridgehead atoms. The average molecular weight is 473 g/mol. The zero-order chi connectivity index (χ0) is 24.3. The van der Waals surface area contributed by atoms with Crippen LogP contribution in [-0.2, 0) is 6.54 Å². The highest BCUT2D eigenvalue weighted by Crippen LogP contribution is 2.39. The van der Waals surface area contributed by atoms with Crippen LogP contribution in [0.15, 0.2) is 54.9 Å². The Hall–Kier alpha value is -2.66. The molecule has 5 heteroatoms. The van der Waals surface area contributed by atoms with E-state index in [1.807, 2.05) is 18.5 Å². The Labute approximate surface area is 210 Å². The van der Waals surface area contributed by atoms with Crippen LogP contribution in [0.1, 0.15) is 58.4 Å². The van der Waals surface area contributed by atoms with Gasteiger partial charge in [-0.15, -0.1) is 0 Å². The fourth-order valence-electron chi connectivity index (χ4n) is 5.73.